The first-order valence-electron chi connectivity index (χ1n) is 23.4. The van der Waals surface area contributed by atoms with E-state index in [1.807, 2.05) is 25.1 Å². The van der Waals surface area contributed by atoms with Gasteiger partial charge in [-0.25, -0.2) is 9.59 Å². The summed E-state index contributed by atoms with van der Waals surface area (Å²) in [6, 6.07) is 26.4. The number of aromatic nitrogens is 2. The first-order valence-corrected chi connectivity index (χ1v) is 23.4. The van der Waals surface area contributed by atoms with Crippen LogP contribution < -0.4 is 18.9 Å². The van der Waals surface area contributed by atoms with E-state index in [1.165, 1.54) is 116 Å². The van der Waals surface area contributed by atoms with Gasteiger partial charge in [0.15, 0.2) is 0 Å². The third-order valence-corrected chi connectivity index (χ3v) is 11.1. The van der Waals surface area contributed by atoms with Gasteiger partial charge in [-0.2, -0.15) is 0 Å². The van der Waals surface area contributed by atoms with Crippen molar-refractivity contribution in [2.75, 3.05) is 13.2 Å². The summed E-state index contributed by atoms with van der Waals surface area (Å²) in [6.45, 7) is 7.71. The van der Waals surface area contributed by atoms with Crippen LogP contribution in [0.5, 0.6) is 23.0 Å². The van der Waals surface area contributed by atoms with Crippen LogP contribution in [0.3, 0.4) is 0 Å². The van der Waals surface area contributed by atoms with Crippen molar-refractivity contribution in [1.29, 1.82) is 0 Å². The lowest BCUT2D eigenvalue weighted by molar-refractivity contribution is 0.0724. The van der Waals surface area contributed by atoms with Crippen molar-refractivity contribution in [2.45, 2.75) is 149 Å². The van der Waals surface area contributed by atoms with Crippen LogP contribution in [0.4, 0.5) is 0 Å². The molecule has 0 aliphatic rings. The van der Waals surface area contributed by atoms with Crippen molar-refractivity contribution in [3.05, 3.63) is 108 Å². The number of carbonyl (C=O) groups excluding carboxylic acids is 2. The Balaban J connectivity index is 0.999. The predicted octanol–water partition coefficient (Wildman–Crippen LogP) is 14.7. The van der Waals surface area contributed by atoms with E-state index in [0.29, 0.717) is 58.7 Å². The van der Waals surface area contributed by atoms with Crippen LogP contribution in [-0.4, -0.2) is 35.3 Å². The normalized spacial score (nSPS) is 11.1. The van der Waals surface area contributed by atoms with Crippen LogP contribution in [0.15, 0.2) is 95.4 Å². The fraction of sp³-hybridized carbons (Fsp3) is 0.472. The highest BCUT2D eigenvalue weighted by molar-refractivity contribution is 5.92. The molecule has 1 heterocycles. The monoisotopic (exact) mass is 845 g/mol. The average Bonchev–Trinajstić information content (AvgIpc) is 3.79. The van der Waals surface area contributed by atoms with Gasteiger partial charge in [-0.05, 0) is 116 Å². The second-order valence-electron chi connectivity index (χ2n) is 16.3. The van der Waals surface area contributed by atoms with Crippen LogP contribution in [-0.2, 0) is 0 Å². The Morgan fingerprint density at radius 1 is 0.452 bits per heavy atom. The highest BCUT2D eigenvalue weighted by Gasteiger charge is 2.16. The minimum absolute atomic E-state index is 0.315. The van der Waals surface area contributed by atoms with Crippen LogP contribution in [0.1, 0.15) is 169 Å². The lowest BCUT2D eigenvalue weighted by Gasteiger charge is -2.09. The Morgan fingerprint density at radius 3 is 1.29 bits per heavy atom. The third-order valence-electron chi connectivity index (χ3n) is 11.1. The number of aryl methyl sites for hydroxylation is 1. The van der Waals surface area contributed by atoms with Crippen LogP contribution in [0.2, 0.25) is 0 Å². The molecule has 0 radical (unpaired) electrons. The standard InChI is InChI=1S/C53H68N2O7/c1-4-6-8-10-12-14-16-18-20-22-38-58-46-31-26-43(27-32-46)52(56)60-48-35-24-42(25-36-48)50-54-55-51(62-50)45-30-37-49(41(3)40-45)61-53(57)44-28-33-47(34-29-44)59-39-23-21-19-17-15-13-11-9-7-5-2/h24-37,40H,4-23,38-39H2,1-3H3. The maximum Gasteiger partial charge on any atom is 0.343 e. The summed E-state index contributed by atoms with van der Waals surface area (Å²) in [7, 11) is 0. The predicted molar refractivity (Wildman–Crippen MR) is 247 cm³/mol. The van der Waals surface area contributed by atoms with Crippen molar-refractivity contribution in [3.63, 3.8) is 0 Å². The van der Waals surface area contributed by atoms with Crippen LogP contribution in [0, 0.1) is 6.92 Å². The molecule has 0 saturated carbocycles. The summed E-state index contributed by atoms with van der Waals surface area (Å²) in [5.74, 6) is 2.05. The molecule has 0 spiro atoms. The minimum Gasteiger partial charge on any atom is -0.494 e. The quantitative estimate of drug-likeness (QED) is 0.0253. The fourth-order valence-electron chi connectivity index (χ4n) is 7.28. The molecular weight excluding hydrogens is 777 g/mol. The number of ether oxygens (including phenoxy) is 4. The number of hydrogen-bond acceptors (Lipinski definition) is 9. The van der Waals surface area contributed by atoms with Gasteiger partial charge in [-0.15, -0.1) is 10.2 Å². The van der Waals surface area contributed by atoms with Gasteiger partial charge in [0.25, 0.3) is 0 Å². The molecule has 5 aromatic rings. The molecule has 0 bridgehead atoms. The summed E-state index contributed by atoms with van der Waals surface area (Å²) in [5.41, 5.74) is 2.98. The molecule has 62 heavy (non-hydrogen) atoms. The van der Waals surface area contributed by atoms with E-state index in [-0.39, 0.29) is 0 Å². The van der Waals surface area contributed by atoms with Crippen molar-refractivity contribution in [1.82, 2.24) is 10.2 Å². The number of carbonyl (C=O) groups is 2. The summed E-state index contributed by atoms with van der Waals surface area (Å²) < 4.78 is 29.1. The van der Waals surface area contributed by atoms with E-state index >= 15 is 0 Å². The number of nitrogens with zero attached hydrogens (tertiary/aromatic N) is 2. The maximum atomic E-state index is 13.0. The van der Waals surface area contributed by atoms with Crippen LogP contribution >= 0.6 is 0 Å². The molecule has 0 fully saturated rings. The number of benzene rings is 4. The molecule has 1 aromatic heterocycles. The lowest BCUT2D eigenvalue weighted by Crippen LogP contribution is -2.09. The number of unbranched alkanes of at least 4 members (excludes halogenated alkanes) is 18. The fourth-order valence-corrected chi connectivity index (χ4v) is 7.28. The van der Waals surface area contributed by atoms with Crippen molar-refractivity contribution >= 4 is 11.9 Å². The zero-order chi connectivity index (χ0) is 43.6. The number of hydrogen-bond donors (Lipinski definition) is 0. The topological polar surface area (TPSA) is 110 Å². The molecule has 332 valence electrons. The number of rotatable bonds is 30. The first-order chi connectivity index (χ1) is 30.4. The van der Waals surface area contributed by atoms with Crippen LogP contribution in [0.25, 0.3) is 22.9 Å². The molecule has 4 aromatic carbocycles. The van der Waals surface area contributed by atoms with E-state index in [1.54, 1.807) is 72.8 Å². The first kappa shape index (κ1) is 47.6. The highest BCUT2D eigenvalue weighted by Crippen LogP contribution is 2.30. The Labute approximate surface area is 369 Å². The molecule has 0 unspecified atom stereocenters. The minimum atomic E-state index is -0.457. The maximum absolute atomic E-state index is 13.0. The lowest BCUT2D eigenvalue weighted by atomic mass is 10.1. The summed E-state index contributed by atoms with van der Waals surface area (Å²) >= 11 is 0. The summed E-state index contributed by atoms with van der Waals surface area (Å²) in [4.78, 5) is 25.8. The Bertz CT molecular complexity index is 2020. The van der Waals surface area contributed by atoms with Gasteiger partial charge in [0.2, 0.25) is 11.8 Å². The van der Waals surface area contributed by atoms with E-state index in [4.69, 9.17) is 23.4 Å². The van der Waals surface area contributed by atoms with Gasteiger partial charge in [0.05, 0.1) is 24.3 Å². The Hall–Kier alpha value is -5.44. The molecule has 0 saturated heterocycles. The smallest absolute Gasteiger partial charge is 0.343 e. The van der Waals surface area contributed by atoms with E-state index in [0.717, 1.165) is 29.9 Å². The van der Waals surface area contributed by atoms with Gasteiger partial charge in [0, 0.05) is 11.1 Å². The molecule has 5 rings (SSSR count). The molecule has 9 heteroatoms. The average molecular weight is 845 g/mol. The van der Waals surface area contributed by atoms with Gasteiger partial charge in [0.1, 0.15) is 23.0 Å². The molecule has 0 atom stereocenters. The van der Waals surface area contributed by atoms with Gasteiger partial charge >= 0.3 is 11.9 Å². The number of esters is 2. The van der Waals surface area contributed by atoms with E-state index in [9.17, 15) is 9.59 Å². The molecular formula is C53H68N2O7. The molecule has 0 aliphatic heterocycles. The molecule has 9 nitrogen and oxygen atoms in total. The van der Waals surface area contributed by atoms with E-state index < -0.39 is 11.9 Å². The van der Waals surface area contributed by atoms with Crippen molar-refractivity contribution in [2.24, 2.45) is 0 Å². The summed E-state index contributed by atoms with van der Waals surface area (Å²) in [6.07, 6.45) is 25.6. The second kappa shape index (κ2) is 27.5. The highest BCUT2D eigenvalue weighted by atomic mass is 16.5. The zero-order valence-electron chi connectivity index (χ0n) is 37.5. The van der Waals surface area contributed by atoms with Gasteiger partial charge in [-0.1, -0.05) is 129 Å². The Kier molecular flexibility index (Phi) is 21.1. The zero-order valence-corrected chi connectivity index (χ0v) is 37.5. The van der Waals surface area contributed by atoms with Gasteiger partial charge < -0.3 is 23.4 Å². The summed E-state index contributed by atoms with van der Waals surface area (Å²) in [5, 5.41) is 8.47. The second-order valence-corrected chi connectivity index (χ2v) is 16.3. The Morgan fingerprint density at radius 2 is 0.839 bits per heavy atom. The van der Waals surface area contributed by atoms with Crippen molar-refractivity contribution in [3.8, 4) is 45.9 Å². The SMILES string of the molecule is CCCCCCCCCCCCOc1ccc(C(=O)Oc2ccc(-c3nnc(-c4ccc(OC(=O)c5ccc(OCCCCCCCCCCCC)cc5)c(C)c4)o3)cc2)cc1. The van der Waals surface area contributed by atoms with E-state index in [2.05, 4.69) is 24.0 Å². The largest absolute Gasteiger partial charge is 0.494 e. The molecule has 0 aliphatic carbocycles. The van der Waals surface area contributed by atoms with Gasteiger partial charge in [-0.3, -0.25) is 0 Å². The molecule has 0 amide bonds. The third kappa shape index (κ3) is 16.8. The molecule has 0 N–H and O–H groups in total. The van der Waals surface area contributed by atoms with Crippen molar-refractivity contribution < 1.29 is 33.0 Å².